The molecule has 0 saturated carbocycles. The zero-order valence-electron chi connectivity index (χ0n) is 36.6. The third-order valence-electron chi connectivity index (χ3n) is 14.8. The van der Waals surface area contributed by atoms with Crippen molar-refractivity contribution >= 4 is 111 Å². The molecule has 0 aliphatic heterocycles. The molecule has 17 rings (SSSR count). The van der Waals surface area contributed by atoms with Gasteiger partial charge in [0.15, 0.2) is 0 Å². The van der Waals surface area contributed by atoms with Crippen molar-refractivity contribution in [3.8, 4) is 89.5 Å². The zero-order chi connectivity index (χ0) is 45.3. The number of aromatic nitrogens is 8. The summed E-state index contributed by atoms with van der Waals surface area (Å²) < 4.78 is 19.7. The van der Waals surface area contributed by atoms with Crippen LogP contribution in [0.3, 0.4) is 0 Å². The normalized spacial score (nSPS) is 12.6. The van der Waals surface area contributed by atoms with E-state index in [1.807, 2.05) is 24.3 Å². The smallest absolute Gasteiger partial charge is 0.115 e. The summed E-state index contributed by atoms with van der Waals surface area (Å²) >= 11 is 2.47. The SMILES string of the molecule is c1ccc(-c2c3nsnc3c(-c3ccccc3)c3nc4c(nc23)-c2ccc3c5ccc6c7c(ccc(c8ccc-4c2c38)c75)-c2nc3c(-c4ccccc4)c4nsnc4c(-c4ccccc4)c3nc2-6)cc1. The topological polar surface area (TPSA) is 103 Å². The van der Waals surface area contributed by atoms with Crippen molar-refractivity contribution in [2.75, 3.05) is 0 Å². The number of hydrogen-bond donors (Lipinski definition) is 0. The van der Waals surface area contributed by atoms with Crippen LogP contribution in [0.5, 0.6) is 0 Å². The first-order chi connectivity index (χ1) is 34.8. The van der Waals surface area contributed by atoms with Gasteiger partial charge in [-0.15, -0.1) is 0 Å². The lowest BCUT2D eigenvalue weighted by molar-refractivity contribution is 1.32. The molecule has 0 fully saturated rings. The van der Waals surface area contributed by atoms with Crippen LogP contribution in [0.4, 0.5) is 0 Å². The van der Waals surface area contributed by atoms with E-state index in [9.17, 15) is 0 Å². The van der Waals surface area contributed by atoms with Crippen LogP contribution in [-0.2, 0) is 0 Å². The molecular weight excluding hydrogens is 897 g/mol. The largest absolute Gasteiger partial charge is 0.243 e. The predicted octanol–water partition coefficient (Wildman–Crippen LogP) is 15.6. The van der Waals surface area contributed by atoms with Gasteiger partial charge in [-0.3, -0.25) is 0 Å². The van der Waals surface area contributed by atoms with E-state index in [4.69, 9.17) is 37.4 Å². The Morgan fingerprint density at radius 2 is 0.471 bits per heavy atom. The number of fused-ring (bicyclic) bond motifs is 12. The van der Waals surface area contributed by atoms with Crippen molar-refractivity contribution in [3.63, 3.8) is 0 Å². The van der Waals surface area contributed by atoms with E-state index in [1.54, 1.807) is 0 Å². The molecule has 10 heteroatoms. The first-order valence-corrected chi connectivity index (χ1v) is 24.7. The number of benzene rings is 11. The van der Waals surface area contributed by atoms with Gasteiger partial charge in [0, 0.05) is 55.3 Å². The average molecular weight is 925 g/mol. The standard InChI is InChI=1S/C60H28N8S2/c1-5-13-29(14-6-1)41-53-54(42(30-15-7-2-8-16-30)58-57(41)65-69-66-58)62-50-38-26-22-34-36-24-28-40-48-39(27-23-35(46(36)48)33-21-25-37(49(50)61-53)47(38)45(33)34)51-52(40)64-56-44(32-19-11-4-12-20-32)60-59(67-70-68-60)43(55(56)63-51)31-17-9-3-10-18-31/h1-28H. The summed E-state index contributed by atoms with van der Waals surface area (Å²) in [5.74, 6) is 0. The van der Waals surface area contributed by atoms with Crippen LogP contribution in [0, 0.1) is 0 Å². The molecule has 2 aliphatic carbocycles. The number of hydrogen-bond acceptors (Lipinski definition) is 10. The minimum Gasteiger partial charge on any atom is -0.243 e. The maximum atomic E-state index is 5.67. The van der Waals surface area contributed by atoms with Crippen LogP contribution in [-0.4, -0.2) is 37.4 Å². The van der Waals surface area contributed by atoms with Crippen molar-refractivity contribution in [2.45, 2.75) is 0 Å². The molecule has 11 aromatic carbocycles. The quantitative estimate of drug-likeness (QED) is 0.127. The van der Waals surface area contributed by atoms with Gasteiger partial charge in [-0.1, -0.05) is 170 Å². The van der Waals surface area contributed by atoms with Gasteiger partial charge in [0.05, 0.1) is 46.2 Å². The van der Waals surface area contributed by atoms with Gasteiger partial charge >= 0.3 is 0 Å². The second-order valence-corrected chi connectivity index (χ2v) is 19.3. The van der Waals surface area contributed by atoms with Crippen LogP contribution < -0.4 is 0 Å². The lowest BCUT2D eigenvalue weighted by Crippen LogP contribution is -1.97. The lowest BCUT2D eigenvalue weighted by atomic mass is 9.86. The molecule has 8 nitrogen and oxygen atoms in total. The van der Waals surface area contributed by atoms with Gasteiger partial charge in [-0.2, -0.15) is 17.5 Å². The Morgan fingerprint density at radius 3 is 0.714 bits per heavy atom. The Hall–Kier alpha value is -8.96. The Kier molecular flexibility index (Phi) is 7.09. The van der Waals surface area contributed by atoms with Gasteiger partial charge in [-0.05, 0) is 54.6 Å². The Balaban J connectivity index is 0.931. The molecule has 320 valence electrons. The highest BCUT2D eigenvalue weighted by Crippen LogP contribution is 2.56. The molecule has 0 bridgehead atoms. The van der Waals surface area contributed by atoms with E-state index in [1.165, 1.54) is 66.5 Å². The number of nitrogens with zero attached hydrogens (tertiary/aromatic N) is 8. The van der Waals surface area contributed by atoms with Crippen LogP contribution in [0.2, 0.25) is 0 Å². The fourth-order valence-corrected chi connectivity index (χ4v) is 13.1. The van der Waals surface area contributed by atoms with Gasteiger partial charge in [-0.25, -0.2) is 19.9 Å². The summed E-state index contributed by atoms with van der Waals surface area (Å²) in [4.78, 5) is 22.7. The second-order valence-electron chi connectivity index (χ2n) is 18.3. The van der Waals surface area contributed by atoms with Crippen molar-refractivity contribution in [2.24, 2.45) is 0 Å². The summed E-state index contributed by atoms with van der Waals surface area (Å²) in [6.07, 6.45) is 0. The van der Waals surface area contributed by atoms with E-state index in [0.29, 0.717) is 0 Å². The van der Waals surface area contributed by atoms with Gasteiger partial charge in [0.25, 0.3) is 0 Å². The molecule has 0 spiro atoms. The van der Waals surface area contributed by atoms with Crippen molar-refractivity contribution in [1.29, 1.82) is 0 Å². The first kappa shape index (κ1) is 37.1. The van der Waals surface area contributed by atoms with Gasteiger partial charge in [0.2, 0.25) is 0 Å². The summed E-state index contributed by atoms with van der Waals surface area (Å²) in [5, 5.41) is 9.61. The van der Waals surface area contributed by atoms with Crippen LogP contribution in [0.1, 0.15) is 0 Å². The van der Waals surface area contributed by atoms with Gasteiger partial charge in [0.1, 0.15) is 44.1 Å². The second kappa shape index (κ2) is 13.4. The van der Waals surface area contributed by atoms with Gasteiger partial charge < -0.3 is 0 Å². The molecule has 4 aromatic heterocycles. The van der Waals surface area contributed by atoms with Crippen LogP contribution in [0.15, 0.2) is 170 Å². The first-order valence-electron chi connectivity index (χ1n) is 23.2. The molecule has 4 heterocycles. The Morgan fingerprint density at radius 1 is 0.229 bits per heavy atom. The Bertz CT molecular complexity index is 4210. The van der Waals surface area contributed by atoms with Crippen molar-refractivity contribution < 1.29 is 0 Å². The highest BCUT2D eigenvalue weighted by Gasteiger charge is 2.34. The highest BCUT2D eigenvalue weighted by molar-refractivity contribution is 7.00. The monoisotopic (exact) mass is 924 g/mol. The average Bonchev–Trinajstić information content (AvgIpc) is 4.23. The molecule has 0 unspecified atom stereocenters. The lowest BCUT2D eigenvalue weighted by Gasteiger charge is -2.16. The maximum Gasteiger partial charge on any atom is 0.115 e. The molecule has 15 aromatic rings. The van der Waals surface area contributed by atoms with Crippen molar-refractivity contribution in [1.82, 2.24) is 37.4 Å². The molecule has 70 heavy (non-hydrogen) atoms. The third-order valence-corrected chi connectivity index (χ3v) is 15.9. The van der Waals surface area contributed by atoms with E-state index in [-0.39, 0.29) is 0 Å². The van der Waals surface area contributed by atoms with Crippen LogP contribution in [0.25, 0.3) is 177 Å². The summed E-state index contributed by atoms with van der Waals surface area (Å²) in [6, 6.07) is 60.0. The Labute approximate surface area is 405 Å². The fourth-order valence-electron chi connectivity index (χ4n) is 12.0. The van der Waals surface area contributed by atoms with E-state index in [0.717, 1.165) is 134 Å². The van der Waals surface area contributed by atoms with E-state index in [2.05, 4.69) is 146 Å². The summed E-state index contributed by atoms with van der Waals surface area (Å²) in [6.45, 7) is 0. The molecule has 0 amide bonds. The molecule has 0 atom stereocenters. The molecule has 0 radical (unpaired) electrons. The zero-order valence-corrected chi connectivity index (χ0v) is 38.2. The predicted molar refractivity (Wildman–Crippen MR) is 286 cm³/mol. The molecule has 0 saturated heterocycles. The van der Waals surface area contributed by atoms with Crippen molar-refractivity contribution in [3.05, 3.63) is 170 Å². The highest BCUT2D eigenvalue weighted by atomic mass is 32.1. The minimum absolute atomic E-state index is 0.823. The van der Waals surface area contributed by atoms with E-state index >= 15 is 0 Å². The van der Waals surface area contributed by atoms with Crippen LogP contribution >= 0.6 is 23.5 Å². The summed E-state index contributed by atoms with van der Waals surface area (Å²) in [7, 11) is 0. The molecular formula is C60H28N8S2. The maximum absolute atomic E-state index is 5.67. The number of rotatable bonds is 4. The van der Waals surface area contributed by atoms with E-state index < -0.39 is 0 Å². The fraction of sp³-hybridized carbons (Fsp3) is 0. The minimum atomic E-state index is 0.823. The molecule has 0 N–H and O–H groups in total. The third kappa shape index (κ3) is 4.64. The summed E-state index contributed by atoms with van der Waals surface area (Å²) in [5.41, 5.74) is 22.5. The molecule has 2 aliphatic rings.